The summed E-state index contributed by atoms with van der Waals surface area (Å²) in [6.07, 6.45) is 5.13. The summed E-state index contributed by atoms with van der Waals surface area (Å²) in [5.41, 5.74) is 1.41. The molecule has 1 heterocycles. The topological polar surface area (TPSA) is 15.3 Å². The highest BCUT2D eigenvalue weighted by molar-refractivity contribution is 9.10. The lowest BCUT2D eigenvalue weighted by Crippen LogP contribution is -2.35. The normalized spacial score (nSPS) is 18.8. The van der Waals surface area contributed by atoms with Crippen LogP contribution in [0.1, 0.15) is 51.1 Å². The Morgan fingerprint density at radius 1 is 1.24 bits per heavy atom. The molecular formula is C18H29BrN2. The van der Waals surface area contributed by atoms with Crippen LogP contribution in [0.5, 0.6) is 0 Å². The largest absolute Gasteiger partial charge is 0.310 e. The summed E-state index contributed by atoms with van der Waals surface area (Å²) in [7, 11) is 0. The molecule has 1 N–H and O–H groups in total. The van der Waals surface area contributed by atoms with Gasteiger partial charge in [0.25, 0.3) is 0 Å². The number of halogens is 1. The van der Waals surface area contributed by atoms with E-state index in [0.29, 0.717) is 6.04 Å². The molecular weight excluding hydrogens is 324 g/mol. The van der Waals surface area contributed by atoms with Crippen LogP contribution >= 0.6 is 15.9 Å². The van der Waals surface area contributed by atoms with Crippen molar-refractivity contribution in [2.75, 3.05) is 26.2 Å². The van der Waals surface area contributed by atoms with Gasteiger partial charge in [-0.1, -0.05) is 41.9 Å². The Kier molecular flexibility index (Phi) is 7.21. The molecule has 2 rings (SSSR count). The third-order valence-electron chi connectivity index (χ3n) is 4.52. The lowest BCUT2D eigenvalue weighted by molar-refractivity contribution is 0.184. The van der Waals surface area contributed by atoms with Crippen LogP contribution in [0, 0.1) is 5.92 Å². The summed E-state index contributed by atoms with van der Waals surface area (Å²) in [6.45, 7) is 9.48. The SMILES string of the molecule is CCCNC(CCN1CCC(C)CC1)c1ccc(Br)cc1. The van der Waals surface area contributed by atoms with Gasteiger partial charge in [-0.2, -0.15) is 0 Å². The molecule has 1 unspecified atom stereocenters. The van der Waals surface area contributed by atoms with Crippen molar-refractivity contribution in [1.82, 2.24) is 10.2 Å². The van der Waals surface area contributed by atoms with Crippen LogP contribution in [0.25, 0.3) is 0 Å². The summed E-state index contributed by atoms with van der Waals surface area (Å²) in [6, 6.07) is 9.28. The summed E-state index contributed by atoms with van der Waals surface area (Å²) < 4.78 is 1.16. The molecule has 21 heavy (non-hydrogen) atoms. The van der Waals surface area contributed by atoms with Crippen molar-refractivity contribution in [3.8, 4) is 0 Å². The lowest BCUT2D eigenvalue weighted by atomic mass is 9.98. The van der Waals surface area contributed by atoms with Crippen molar-refractivity contribution in [3.63, 3.8) is 0 Å². The third kappa shape index (κ3) is 5.72. The molecule has 0 bridgehead atoms. The molecule has 2 nitrogen and oxygen atoms in total. The lowest BCUT2D eigenvalue weighted by Gasteiger charge is -2.31. The molecule has 118 valence electrons. The van der Waals surface area contributed by atoms with Gasteiger partial charge in [0.05, 0.1) is 0 Å². The van der Waals surface area contributed by atoms with Crippen molar-refractivity contribution in [2.45, 2.75) is 45.6 Å². The fourth-order valence-electron chi connectivity index (χ4n) is 3.00. The number of likely N-dealkylation sites (tertiary alicyclic amines) is 1. The van der Waals surface area contributed by atoms with Crippen molar-refractivity contribution in [1.29, 1.82) is 0 Å². The summed E-state index contributed by atoms with van der Waals surface area (Å²) in [4.78, 5) is 2.64. The maximum atomic E-state index is 3.71. The van der Waals surface area contributed by atoms with Crippen LogP contribution in [-0.4, -0.2) is 31.1 Å². The highest BCUT2D eigenvalue weighted by Gasteiger charge is 2.17. The minimum atomic E-state index is 0.484. The maximum Gasteiger partial charge on any atom is 0.0332 e. The average molecular weight is 353 g/mol. The van der Waals surface area contributed by atoms with E-state index in [1.54, 1.807) is 0 Å². The molecule has 0 aromatic heterocycles. The van der Waals surface area contributed by atoms with Crippen LogP contribution in [0.4, 0.5) is 0 Å². The second kappa shape index (κ2) is 8.92. The van der Waals surface area contributed by atoms with E-state index in [1.807, 2.05) is 0 Å². The Labute approximate surface area is 138 Å². The first-order chi connectivity index (χ1) is 10.2. The molecule has 1 fully saturated rings. The number of hydrogen-bond acceptors (Lipinski definition) is 2. The van der Waals surface area contributed by atoms with Crippen molar-refractivity contribution >= 4 is 15.9 Å². The van der Waals surface area contributed by atoms with Crippen LogP contribution in [0.3, 0.4) is 0 Å². The first-order valence-corrected chi connectivity index (χ1v) is 9.19. The summed E-state index contributed by atoms with van der Waals surface area (Å²) in [5, 5.41) is 3.71. The van der Waals surface area contributed by atoms with Crippen LogP contribution in [0.15, 0.2) is 28.7 Å². The molecule has 1 aliphatic heterocycles. The van der Waals surface area contributed by atoms with E-state index >= 15 is 0 Å². The van der Waals surface area contributed by atoms with E-state index in [2.05, 4.69) is 64.3 Å². The minimum absolute atomic E-state index is 0.484. The fraction of sp³-hybridized carbons (Fsp3) is 0.667. The van der Waals surface area contributed by atoms with E-state index in [4.69, 9.17) is 0 Å². The molecule has 1 aromatic rings. The molecule has 1 aromatic carbocycles. The van der Waals surface area contributed by atoms with Crippen molar-refractivity contribution in [3.05, 3.63) is 34.3 Å². The molecule has 0 spiro atoms. The van der Waals surface area contributed by atoms with Gasteiger partial charge in [-0.25, -0.2) is 0 Å². The van der Waals surface area contributed by atoms with E-state index in [0.717, 1.165) is 16.9 Å². The predicted molar refractivity (Wildman–Crippen MR) is 94.6 cm³/mol. The molecule has 0 aliphatic carbocycles. The number of rotatable bonds is 7. The summed E-state index contributed by atoms with van der Waals surface area (Å²) >= 11 is 3.53. The Bertz CT molecular complexity index is 396. The predicted octanol–water partition coefficient (Wildman–Crippen LogP) is 4.61. The maximum absolute atomic E-state index is 3.71. The van der Waals surface area contributed by atoms with Crippen LogP contribution in [-0.2, 0) is 0 Å². The molecule has 0 radical (unpaired) electrons. The Hall–Kier alpha value is -0.380. The Balaban J connectivity index is 1.88. The van der Waals surface area contributed by atoms with Gasteiger partial charge in [-0.3, -0.25) is 0 Å². The molecule has 3 heteroatoms. The molecule has 1 atom stereocenters. The van der Waals surface area contributed by atoms with E-state index in [9.17, 15) is 0 Å². The number of nitrogens with one attached hydrogen (secondary N) is 1. The number of nitrogens with zero attached hydrogens (tertiary/aromatic N) is 1. The highest BCUT2D eigenvalue weighted by Crippen LogP contribution is 2.22. The average Bonchev–Trinajstić information content (AvgIpc) is 2.50. The standard InChI is InChI=1S/C18H29BrN2/c1-3-11-20-18(16-4-6-17(19)7-5-16)10-14-21-12-8-15(2)9-13-21/h4-7,15,18,20H,3,8-14H2,1-2H3. The van der Waals surface area contributed by atoms with E-state index in [-0.39, 0.29) is 0 Å². The second-order valence-corrected chi connectivity index (χ2v) is 7.29. The first kappa shape index (κ1) is 17.0. The summed E-state index contributed by atoms with van der Waals surface area (Å²) in [5.74, 6) is 0.918. The number of piperidine rings is 1. The minimum Gasteiger partial charge on any atom is -0.310 e. The van der Waals surface area contributed by atoms with Gasteiger partial charge >= 0.3 is 0 Å². The van der Waals surface area contributed by atoms with Crippen molar-refractivity contribution < 1.29 is 0 Å². The molecule has 1 aliphatic rings. The zero-order chi connectivity index (χ0) is 15.1. The number of hydrogen-bond donors (Lipinski definition) is 1. The molecule has 1 saturated heterocycles. The fourth-order valence-corrected chi connectivity index (χ4v) is 3.26. The monoisotopic (exact) mass is 352 g/mol. The zero-order valence-electron chi connectivity index (χ0n) is 13.4. The zero-order valence-corrected chi connectivity index (χ0v) is 15.0. The van der Waals surface area contributed by atoms with Crippen molar-refractivity contribution in [2.24, 2.45) is 5.92 Å². The van der Waals surface area contributed by atoms with E-state index in [1.165, 1.54) is 50.9 Å². The van der Waals surface area contributed by atoms with Crippen LogP contribution < -0.4 is 5.32 Å². The first-order valence-electron chi connectivity index (χ1n) is 8.40. The van der Waals surface area contributed by atoms with Gasteiger partial charge in [0.2, 0.25) is 0 Å². The second-order valence-electron chi connectivity index (χ2n) is 6.37. The van der Waals surface area contributed by atoms with E-state index < -0.39 is 0 Å². The van der Waals surface area contributed by atoms with Gasteiger partial charge < -0.3 is 10.2 Å². The Morgan fingerprint density at radius 3 is 2.52 bits per heavy atom. The van der Waals surface area contributed by atoms with Gasteiger partial charge in [0, 0.05) is 10.5 Å². The van der Waals surface area contributed by atoms with Gasteiger partial charge in [-0.05, 0) is 75.5 Å². The quantitative estimate of drug-likeness (QED) is 0.770. The molecule has 0 amide bonds. The number of benzene rings is 1. The van der Waals surface area contributed by atoms with Gasteiger partial charge in [-0.15, -0.1) is 0 Å². The van der Waals surface area contributed by atoms with Crippen LogP contribution in [0.2, 0.25) is 0 Å². The molecule has 0 saturated carbocycles. The van der Waals surface area contributed by atoms with Gasteiger partial charge in [0.15, 0.2) is 0 Å². The Morgan fingerprint density at radius 2 is 1.90 bits per heavy atom. The van der Waals surface area contributed by atoms with Gasteiger partial charge in [0.1, 0.15) is 0 Å². The smallest absolute Gasteiger partial charge is 0.0332 e. The highest BCUT2D eigenvalue weighted by atomic mass is 79.9. The third-order valence-corrected chi connectivity index (χ3v) is 5.05.